The Morgan fingerprint density at radius 2 is 2.14 bits per heavy atom. The lowest BCUT2D eigenvalue weighted by atomic mass is 10.0. The number of rotatable bonds is 2. The summed E-state index contributed by atoms with van der Waals surface area (Å²) in [5.74, 6) is -1.97. The monoisotopic (exact) mass is 278 g/mol. The van der Waals surface area contributed by atoms with Crippen LogP contribution in [-0.2, 0) is 4.79 Å². The van der Waals surface area contributed by atoms with Gasteiger partial charge in [0.05, 0.1) is 10.9 Å². The minimum Gasteiger partial charge on any atom is -0.506 e. The lowest BCUT2D eigenvalue weighted by Crippen LogP contribution is -2.07. The van der Waals surface area contributed by atoms with Gasteiger partial charge in [0.25, 0.3) is 0 Å². The summed E-state index contributed by atoms with van der Waals surface area (Å²) in [4.78, 5) is 10.7. The molecule has 0 aromatic heterocycles. The summed E-state index contributed by atoms with van der Waals surface area (Å²) in [6.07, 6.45) is 0. The second kappa shape index (κ2) is 4.19. The van der Waals surface area contributed by atoms with E-state index in [4.69, 9.17) is 16.7 Å². The molecule has 76 valence electrons. The van der Waals surface area contributed by atoms with Crippen LogP contribution in [-0.4, -0.2) is 16.2 Å². The molecule has 0 heterocycles. The molecule has 0 aliphatic rings. The maximum absolute atomic E-state index is 10.7. The van der Waals surface area contributed by atoms with Gasteiger partial charge in [0.15, 0.2) is 0 Å². The summed E-state index contributed by atoms with van der Waals surface area (Å²) in [5.41, 5.74) is 0.303. The van der Waals surface area contributed by atoms with E-state index in [2.05, 4.69) is 15.9 Å². The van der Waals surface area contributed by atoms with Crippen molar-refractivity contribution in [1.29, 1.82) is 0 Å². The number of carbonyl (C=O) groups is 1. The number of carboxylic acids is 1. The molecule has 1 aromatic rings. The number of phenolic OH excluding ortho intramolecular Hbond substituents is 1. The fourth-order valence-corrected chi connectivity index (χ4v) is 1.88. The average molecular weight is 280 g/mol. The topological polar surface area (TPSA) is 57.5 Å². The third kappa shape index (κ3) is 2.19. The van der Waals surface area contributed by atoms with E-state index < -0.39 is 11.9 Å². The van der Waals surface area contributed by atoms with E-state index >= 15 is 0 Å². The summed E-state index contributed by atoms with van der Waals surface area (Å²) in [7, 11) is 0. The van der Waals surface area contributed by atoms with Gasteiger partial charge in [0, 0.05) is 10.0 Å². The number of aliphatic carboxylic acids is 1. The van der Waals surface area contributed by atoms with Gasteiger partial charge >= 0.3 is 5.97 Å². The van der Waals surface area contributed by atoms with Gasteiger partial charge in [-0.3, -0.25) is 4.79 Å². The standard InChI is InChI=1S/C9H8BrClO3/c1-4(9(13)14)6-2-5(10)3-7(11)8(6)12/h2-4,12H,1H3,(H,13,14). The van der Waals surface area contributed by atoms with Gasteiger partial charge in [-0.15, -0.1) is 0 Å². The highest BCUT2D eigenvalue weighted by Crippen LogP contribution is 2.35. The molecule has 0 radical (unpaired) electrons. The Balaban J connectivity index is 3.26. The van der Waals surface area contributed by atoms with Crippen molar-refractivity contribution in [3.8, 4) is 5.75 Å². The first-order valence-electron chi connectivity index (χ1n) is 3.84. The number of hydrogen-bond acceptors (Lipinski definition) is 2. The van der Waals surface area contributed by atoms with Crippen molar-refractivity contribution in [3.05, 3.63) is 27.2 Å². The Kier molecular flexibility index (Phi) is 3.39. The highest BCUT2D eigenvalue weighted by molar-refractivity contribution is 9.10. The molecule has 5 heteroatoms. The van der Waals surface area contributed by atoms with Crippen molar-refractivity contribution in [2.24, 2.45) is 0 Å². The van der Waals surface area contributed by atoms with Crippen LogP contribution in [0.4, 0.5) is 0 Å². The van der Waals surface area contributed by atoms with E-state index in [0.29, 0.717) is 10.0 Å². The molecule has 1 aromatic carbocycles. The summed E-state index contributed by atoms with van der Waals surface area (Å²) >= 11 is 8.87. The summed E-state index contributed by atoms with van der Waals surface area (Å²) in [6, 6.07) is 3.05. The normalized spacial score (nSPS) is 12.5. The van der Waals surface area contributed by atoms with Gasteiger partial charge in [0.1, 0.15) is 5.75 Å². The summed E-state index contributed by atoms with van der Waals surface area (Å²) < 4.78 is 0.642. The average Bonchev–Trinajstić information content (AvgIpc) is 2.09. The van der Waals surface area contributed by atoms with E-state index in [1.54, 1.807) is 6.07 Å². The van der Waals surface area contributed by atoms with Crippen molar-refractivity contribution in [2.75, 3.05) is 0 Å². The first-order valence-corrected chi connectivity index (χ1v) is 5.01. The first kappa shape index (κ1) is 11.3. The second-order valence-corrected chi connectivity index (χ2v) is 4.21. The number of phenols is 1. The van der Waals surface area contributed by atoms with Gasteiger partial charge in [-0.25, -0.2) is 0 Å². The maximum atomic E-state index is 10.7. The smallest absolute Gasteiger partial charge is 0.310 e. The largest absolute Gasteiger partial charge is 0.506 e. The van der Waals surface area contributed by atoms with Crippen LogP contribution in [0.15, 0.2) is 16.6 Å². The molecule has 0 aliphatic carbocycles. The second-order valence-electron chi connectivity index (χ2n) is 2.89. The van der Waals surface area contributed by atoms with E-state index in [1.165, 1.54) is 13.0 Å². The first-order chi connectivity index (χ1) is 6.43. The van der Waals surface area contributed by atoms with Crippen molar-refractivity contribution < 1.29 is 15.0 Å². The van der Waals surface area contributed by atoms with Gasteiger partial charge in [-0.1, -0.05) is 27.5 Å². The van der Waals surface area contributed by atoms with Crippen molar-refractivity contribution in [2.45, 2.75) is 12.8 Å². The molecule has 0 saturated heterocycles. The zero-order valence-corrected chi connectivity index (χ0v) is 9.63. The molecule has 0 saturated carbocycles. The highest BCUT2D eigenvalue weighted by Gasteiger charge is 2.19. The van der Waals surface area contributed by atoms with Crippen molar-refractivity contribution in [3.63, 3.8) is 0 Å². The van der Waals surface area contributed by atoms with Crippen LogP contribution < -0.4 is 0 Å². The van der Waals surface area contributed by atoms with Crippen LogP contribution in [0, 0.1) is 0 Å². The molecule has 2 N–H and O–H groups in total. The molecule has 1 unspecified atom stereocenters. The van der Waals surface area contributed by atoms with Gasteiger partial charge in [-0.05, 0) is 19.1 Å². The summed E-state index contributed by atoms with van der Waals surface area (Å²) in [6.45, 7) is 1.49. The fourth-order valence-electron chi connectivity index (χ4n) is 1.05. The molecule has 0 fully saturated rings. The zero-order valence-electron chi connectivity index (χ0n) is 7.29. The molecule has 0 spiro atoms. The lowest BCUT2D eigenvalue weighted by molar-refractivity contribution is -0.138. The lowest BCUT2D eigenvalue weighted by Gasteiger charge is -2.10. The minimum absolute atomic E-state index is 0.141. The van der Waals surface area contributed by atoms with Crippen LogP contribution >= 0.6 is 27.5 Å². The summed E-state index contributed by atoms with van der Waals surface area (Å²) in [5, 5.41) is 18.4. The molecule has 14 heavy (non-hydrogen) atoms. The van der Waals surface area contributed by atoms with E-state index in [0.717, 1.165) is 0 Å². The molecular formula is C9H8BrClO3. The molecule has 3 nitrogen and oxygen atoms in total. The van der Waals surface area contributed by atoms with E-state index in [-0.39, 0.29) is 10.8 Å². The van der Waals surface area contributed by atoms with Gasteiger partial charge in [-0.2, -0.15) is 0 Å². The number of carboxylic acid groups (broad SMARTS) is 1. The van der Waals surface area contributed by atoms with Gasteiger partial charge < -0.3 is 10.2 Å². The molecule has 0 bridgehead atoms. The van der Waals surface area contributed by atoms with Crippen LogP contribution in [0.3, 0.4) is 0 Å². The highest BCUT2D eigenvalue weighted by atomic mass is 79.9. The predicted molar refractivity (Wildman–Crippen MR) is 56.9 cm³/mol. The Labute approximate surface area is 94.4 Å². The van der Waals surface area contributed by atoms with Crippen LogP contribution in [0.5, 0.6) is 5.75 Å². The van der Waals surface area contributed by atoms with E-state index in [9.17, 15) is 9.90 Å². The van der Waals surface area contributed by atoms with Gasteiger partial charge in [0.2, 0.25) is 0 Å². The molecule has 0 amide bonds. The molecule has 1 rings (SSSR count). The minimum atomic E-state index is -1.01. The quantitative estimate of drug-likeness (QED) is 0.875. The maximum Gasteiger partial charge on any atom is 0.310 e. The van der Waals surface area contributed by atoms with Crippen LogP contribution in [0.2, 0.25) is 5.02 Å². The number of benzene rings is 1. The third-order valence-electron chi connectivity index (χ3n) is 1.89. The Morgan fingerprint density at radius 3 is 2.64 bits per heavy atom. The van der Waals surface area contributed by atoms with Crippen molar-refractivity contribution in [1.82, 2.24) is 0 Å². The SMILES string of the molecule is CC(C(=O)O)c1cc(Br)cc(Cl)c1O. The number of aromatic hydroxyl groups is 1. The molecule has 1 atom stereocenters. The van der Waals surface area contributed by atoms with Crippen molar-refractivity contribution >= 4 is 33.5 Å². The zero-order chi connectivity index (χ0) is 10.9. The fraction of sp³-hybridized carbons (Fsp3) is 0.222. The number of halogens is 2. The molecule has 0 aliphatic heterocycles. The number of hydrogen-bond donors (Lipinski definition) is 2. The Bertz CT molecular complexity index is 379. The molecular weight excluding hydrogens is 271 g/mol. The third-order valence-corrected chi connectivity index (χ3v) is 2.64. The Morgan fingerprint density at radius 1 is 1.57 bits per heavy atom. The van der Waals surface area contributed by atoms with Crippen LogP contribution in [0.1, 0.15) is 18.4 Å². The van der Waals surface area contributed by atoms with E-state index in [1.807, 2.05) is 0 Å². The van der Waals surface area contributed by atoms with Crippen LogP contribution in [0.25, 0.3) is 0 Å². The predicted octanol–water partition coefficient (Wildman–Crippen LogP) is 3.00. The Hall–Kier alpha value is -0.740.